The normalized spacial score (nSPS) is 13.6. The molecule has 1 atom stereocenters. The van der Waals surface area contributed by atoms with Crippen molar-refractivity contribution in [2.75, 3.05) is 18.6 Å². The van der Waals surface area contributed by atoms with Gasteiger partial charge in [0.25, 0.3) is 0 Å². The van der Waals surface area contributed by atoms with Gasteiger partial charge in [-0.3, -0.25) is 0 Å². The van der Waals surface area contributed by atoms with E-state index in [1.807, 2.05) is 19.1 Å². The largest absolute Gasteiger partial charge is 0.312 e. The Labute approximate surface area is 104 Å². The molecule has 3 nitrogen and oxygen atoms in total. The van der Waals surface area contributed by atoms with Gasteiger partial charge in [0.2, 0.25) is 0 Å². The van der Waals surface area contributed by atoms with E-state index in [1.165, 1.54) is 11.1 Å². The lowest BCUT2D eigenvalue weighted by molar-refractivity contribution is 0.575. The first-order valence-electron chi connectivity index (χ1n) is 5.84. The lowest BCUT2D eigenvalue weighted by Gasteiger charge is -2.17. The van der Waals surface area contributed by atoms with Crippen molar-refractivity contribution in [3.8, 4) is 0 Å². The smallest absolute Gasteiger partial charge is 0.151 e. The van der Waals surface area contributed by atoms with E-state index in [-0.39, 0.29) is 17.5 Å². The van der Waals surface area contributed by atoms with Gasteiger partial charge in [-0.1, -0.05) is 25.1 Å². The minimum atomic E-state index is -2.96. The Morgan fingerprint density at radius 3 is 2.35 bits per heavy atom. The van der Waals surface area contributed by atoms with Crippen molar-refractivity contribution in [2.45, 2.75) is 26.8 Å². The van der Waals surface area contributed by atoms with Crippen LogP contribution in [-0.4, -0.2) is 27.0 Å². The summed E-state index contributed by atoms with van der Waals surface area (Å²) in [5.41, 5.74) is 3.45. The number of benzene rings is 1. The van der Waals surface area contributed by atoms with E-state index in [2.05, 4.69) is 18.3 Å². The van der Waals surface area contributed by atoms with Gasteiger partial charge in [-0.25, -0.2) is 8.42 Å². The summed E-state index contributed by atoms with van der Waals surface area (Å²) < 4.78 is 23.3. The highest BCUT2D eigenvalue weighted by molar-refractivity contribution is 7.91. The molecule has 0 saturated heterocycles. The standard InChI is InChI=1S/C13H21NO2S/c1-5-17(15,16)9-13(14-4)12-7-6-10(2)11(3)8-12/h6-8,13-14H,5,9H2,1-4H3. The van der Waals surface area contributed by atoms with Crippen LogP contribution in [0.25, 0.3) is 0 Å². The van der Waals surface area contributed by atoms with E-state index in [1.54, 1.807) is 14.0 Å². The van der Waals surface area contributed by atoms with Crippen LogP contribution in [0.3, 0.4) is 0 Å². The maximum Gasteiger partial charge on any atom is 0.151 e. The van der Waals surface area contributed by atoms with Crippen LogP contribution in [0, 0.1) is 13.8 Å². The Balaban J connectivity index is 2.98. The van der Waals surface area contributed by atoms with Gasteiger partial charge >= 0.3 is 0 Å². The van der Waals surface area contributed by atoms with E-state index >= 15 is 0 Å². The maximum absolute atomic E-state index is 11.7. The van der Waals surface area contributed by atoms with E-state index < -0.39 is 9.84 Å². The maximum atomic E-state index is 11.7. The molecule has 4 heteroatoms. The molecule has 17 heavy (non-hydrogen) atoms. The Morgan fingerprint density at radius 1 is 1.24 bits per heavy atom. The predicted molar refractivity (Wildman–Crippen MR) is 72.0 cm³/mol. The lowest BCUT2D eigenvalue weighted by Crippen LogP contribution is -2.26. The summed E-state index contributed by atoms with van der Waals surface area (Å²) in [6, 6.07) is 5.96. The third kappa shape index (κ3) is 3.82. The van der Waals surface area contributed by atoms with Crippen molar-refractivity contribution in [2.24, 2.45) is 0 Å². The summed E-state index contributed by atoms with van der Waals surface area (Å²) in [7, 11) is -1.17. The molecule has 0 bridgehead atoms. The van der Waals surface area contributed by atoms with Crippen LogP contribution in [0.1, 0.15) is 29.7 Å². The fraction of sp³-hybridized carbons (Fsp3) is 0.538. The average molecular weight is 255 g/mol. The van der Waals surface area contributed by atoms with Crippen LogP contribution in [0.5, 0.6) is 0 Å². The number of hydrogen-bond acceptors (Lipinski definition) is 3. The van der Waals surface area contributed by atoms with Gasteiger partial charge in [-0.2, -0.15) is 0 Å². The first kappa shape index (κ1) is 14.2. The van der Waals surface area contributed by atoms with Gasteiger partial charge in [0.1, 0.15) is 0 Å². The van der Waals surface area contributed by atoms with Crippen molar-refractivity contribution >= 4 is 9.84 Å². The molecule has 0 amide bonds. The van der Waals surface area contributed by atoms with Gasteiger partial charge < -0.3 is 5.32 Å². The number of sulfone groups is 1. The Morgan fingerprint density at radius 2 is 1.88 bits per heavy atom. The number of aryl methyl sites for hydroxylation is 2. The summed E-state index contributed by atoms with van der Waals surface area (Å²) in [4.78, 5) is 0. The zero-order valence-electron chi connectivity index (χ0n) is 10.9. The van der Waals surface area contributed by atoms with Crippen molar-refractivity contribution in [3.63, 3.8) is 0 Å². The highest BCUT2D eigenvalue weighted by atomic mass is 32.2. The van der Waals surface area contributed by atoms with Gasteiger partial charge in [-0.05, 0) is 37.6 Å². The molecule has 0 aliphatic rings. The van der Waals surface area contributed by atoms with Crippen molar-refractivity contribution in [1.29, 1.82) is 0 Å². The highest BCUT2D eigenvalue weighted by Crippen LogP contribution is 2.18. The Hall–Kier alpha value is -0.870. The second-order valence-corrected chi connectivity index (χ2v) is 6.78. The molecule has 0 spiro atoms. The first-order valence-corrected chi connectivity index (χ1v) is 7.66. The monoisotopic (exact) mass is 255 g/mol. The van der Waals surface area contributed by atoms with Crippen LogP contribution < -0.4 is 5.32 Å². The average Bonchev–Trinajstić information content (AvgIpc) is 2.30. The minimum absolute atomic E-state index is 0.126. The summed E-state index contributed by atoms with van der Waals surface area (Å²) in [6.07, 6.45) is 0. The van der Waals surface area contributed by atoms with E-state index in [0.29, 0.717) is 0 Å². The van der Waals surface area contributed by atoms with Crippen molar-refractivity contribution in [3.05, 3.63) is 34.9 Å². The molecule has 1 rings (SSSR count). The summed E-state index contributed by atoms with van der Waals surface area (Å²) in [5, 5.41) is 3.08. The third-order valence-corrected chi connectivity index (χ3v) is 4.86. The summed E-state index contributed by atoms with van der Waals surface area (Å²) in [6.45, 7) is 5.78. The van der Waals surface area contributed by atoms with Crippen LogP contribution >= 0.6 is 0 Å². The van der Waals surface area contributed by atoms with Gasteiger partial charge in [0.05, 0.1) is 5.75 Å². The summed E-state index contributed by atoms with van der Waals surface area (Å²) >= 11 is 0. The first-order chi connectivity index (χ1) is 7.89. The van der Waals surface area contributed by atoms with E-state index in [0.717, 1.165) is 5.56 Å². The third-order valence-electron chi connectivity index (χ3n) is 3.14. The molecule has 0 aliphatic heterocycles. The molecule has 1 aromatic rings. The fourth-order valence-electron chi connectivity index (χ4n) is 1.70. The molecule has 0 aromatic heterocycles. The molecule has 0 fully saturated rings. The number of hydrogen-bond donors (Lipinski definition) is 1. The molecule has 1 N–H and O–H groups in total. The second-order valence-electron chi connectivity index (χ2n) is 4.38. The molecule has 96 valence electrons. The van der Waals surface area contributed by atoms with Gasteiger partial charge in [-0.15, -0.1) is 0 Å². The van der Waals surface area contributed by atoms with Crippen molar-refractivity contribution < 1.29 is 8.42 Å². The fourth-order valence-corrected chi connectivity index (χ4v) is 2.80. The Bertz CT molecular complexity index is 480. The number of nitrogens with one attached hydrogen (secondary N) is 1. The van der Waals surface area contributed by atoms with Crippen LogP contribution in [0.2, 0.25) is 0 Å². The molecule has 0 aliphatic carbocycles. The molecular weight excluding hydrogens is 234 g/mol. The molecule has 0 heterocycles. The van der Waals surface area contributed by atoms with Crippen LogP contribution in [0.15, 0.2) is 18.2 Å². The molecule has 0 saturated carbocycles. The molecule has 1 unspecified atom stereocenters. The quantitative estimate of drug-likeness (QED) is 0.875. The number of rotatable bonds is 5. The molecule has 1 aromatic carbocycles. The second kappa shape index (κ2) is 5.65. The van der Waals surface area contributed by atoms with Crippen LogP contribution in [0.4, 0.5) is 0 Å². The van der Waals surface area contributed by atoms with Gasteiger partial charge in [0, 0.05) is 11.8 Å². The summed E-state index contributed by atoms with van der Waals surface area (Å²) in [5.74, 6) is 0.346. The minimum Gasteiger partial charge on any atom is -0.312 e. The zero-order valence-corrected chi connectivity index (χ0v) is 11.8. The van der Waals surface area contributed by atoms with E-state index in [9.17, 15) is 8.42 Å². The predicted octanol–water partition coefficient (Wildman–Crippen LogP) is 2.00. The van der Waals surface area contributed by atoms with Crippen molar-refractivity contribution in [1.82, 2.24) is 5.32 Å². The lowest BCUT2D eigenvalue weighted by atomic mass is 10.0. The van der Waals surface area contributed by atoms with E-state index in [4.69, 9.17) is 0 Å². The topological polar surface area (TPSA) is 46.2 Å². The molecule has 0 radical (unpaired) electrons. The Kier molecular flexibility index (Phi) is 4.71. The highest BCUT2D eigenvalue weighted by Gasteiger charge is 2.18. The van der Waals surface area contributed by atoms with Gasteiger partial charge in [0.15, 0.2) is 9.84 Å². The SMILES string of the molecule is CCS(=O)(=O)CC(NC)c1ccc(C)c(C)c1. The molecular formula is C13H21NO2S. The van der Waals surface area contributed by atoms with Crippen LogP contribution in [-0.2, 0) is 9.84 Å². The zero-order chi connectivity index (χ0) is 13.1.